The molecule has 3 aromatic carbocycles. The monoisotopic (exact) mass is 523 g/mol. The summed E-state index contributed by atoms with van der Waals surface area (Å²) < 4.78 is 43.6. The second kappa shape index (κ2) is 9.85. The minimum absolute atomic E-state index is 0.0836. The number of nitrogens with one attached hydrogen (secondary N) is 2. The molecule has 196 valence electrons. The van der Waals surface area contributed by atoms with E-state index in [1.807, 2.05) is 30.3 Å². The van der Waals surface area contributed by atoms with Gasteiger partial charge in [0.25, 0.3) is 11.8 Å². The van der Waals surface area contributed by atoms with E-state index in [0.717, 1.165) is 35.4 Å². The van der Waals surface area contributed by atoms with Crippen LogP contribution in [0.25, 0.3) is 11.1 Å². The Kier molecular flexibility index (Phi) is 6.56. The molecule has 2 unspecified atom stereocenters. The topological polar surface area (TPSA) is 87.7 Å². The number of piperidine rings is 1. The van der Waals surface area contributed by atoms with Crippen LogP contribution in [0.3, 0.4) is 0 Å². The number of rotatable bonds is 4. The third-order valence-corrected chi connectivity index (χ3v) is 6.91. The first kappa shape index (κ1) is 25.3. The number of fused-ring (bicyclic) bond motifs is 2. The quantitative estimate of drug-likeness (QED) is 0.518. The molecule has 0 aliphatic carbocycles. The third kappa shape index (κ3) is 4.93. The Bertz CT molecular complexity index is 1390. The maximum Gasteiger partial charge on any atom is 0.416 e. The highest BCUT2D eigenvalue weighted by Crippen LogP contribution is 2.33. The maximum absolute atomic E-state index is 13.5. The number of methoxy groups -OCH3 is 1. The van der Waals surface area contributed by atoms with Gasteiger partial charge in [0, 0.05) is 18.2 Å². The Morgan fingerprint density at radius 2 is 1.68 bits per heavy atom. The predicted molar refractivity (Wildman–Crippen MR) is 134 cm³/mol. The van der Waals surface area contributed by atoms with Crippen LogP contribution in [-0.2, 0) is 11.0 Å². The summed E-state index contributed by atoms with van der Waals surface area (Å²) in [5.41, 5.74) is 1.73. The van der Waals surface area contributed by atoms with Crippen molar-refractivity contribution in [2.45, 2.75) is 31.1 Å². The Labute approximate surface area is 216 Å². The summed E-state index contributed by atoms with van der Waals surface area (Å²) in [6, 6.07) is 15.4. The molecule has 3 amide bonds. The number of amides is 3. The lowest BCUT2D eigenvalue weighted by molar-refractivity contribution is -0.137. The Morgan fingerprint density at radius 1 is 1.00 bits per heavy atom. The lowest BCUT2D eigenvalue weighted by Gasteiger charge is -2.37. The van der Waals surface area contributed by atoms with Crippen molar-refractivity contribution in [1.29, 1.82) is 0 Å². The van der Waals surface area contributed by atoms with Crippen molar-refractivity contribution in [3.63, 3.8) is 0 Å². The van der Waals surface area contributed by atoms with E-state index in [-0.39, 0.29) is 30.3 Å². The first-order valence-corrected chi connectivity index (χ1v) is 12.0. The molecule has 0 radical (unpaired) electrons. The van der Waals surface area contributed by atoms with Crippen molar-refractivity contribution in [1.82, 2.24) is 10.2 Å². The highest BCUT2D eigenvalue weighted by molar-refractivity contribution is 6.10. The molecule has 1 saturated heterocycles. The third-order valence-electron chi connectivity index (χ3n) is 6.91. The van der Waals surface area contributed by atoms with E-state index >= 15 is 0 Å². The molecule has 0 bridgehead atoms. The zero-order chi connectivity index (χ0) is 27.0. The van der Waals surface area contributed by atoms with Crippen LogP contribution in [0.2, 0.25) is 0 Å². The van der Waals surface area contributed by atoms with E-state index in [0.29, 0.717) is 23.4 Å². The minimum atomic E-state index is -4.49. The Morgan fingerprint density at radius 3 is 2.34 bits per heavy atom. The molecular formula is C28H24F3N3O4. The summed E-state index contributed by atoms with van der Waals surface area (Å²) in [5, 5.41) is 5.63. The van der Waals surface area contributed by atoms with Gasteiger partial charge in [-0.15, -0.1) is 0 Å². The van der Waals surface area contributed by atoms with Gasteiger partial charge in [-0.3, -0.25) is 14.4 Å². The summed E-state index contributed by atoms with van der Waals surface area (Å²) in [5.74, 6) is -0.470. The maximum atomic E-state index is 13.5. The summed E-state index contributed by atoms with van der Waals surface area (Å²) in [4.78, 5) is 40.7. The average molecular weight is 524 g/mol. The fourth-order valence-corrected chi connectivity index (χ4v) is 4.83. The average Bonchev–Trinajstić information content (AvgIpc) is 3.02. The van der Waals surface area contributed by atoms with Crippen LogP contribution in [0.5, 0.6) is 5.75 Å². The Balaban J connectivity index is 1.31. The van der Waals surface area contributed by atoms with Crippen molar-refractivity contribution in [2.24, 2.45) is 0 Å². The van der Waals surface area contributed by atoms with Crippen LogP contribution in [0, 0.1) is 0 Å². The summed E-state index contributed by atoms with van der Waals surface area (Å²) >= 11 is 0. The lowest BCUT2D eigenvalue weighted by atomic mass is 9.95. The molecule has 3 aromatic rings. The molecular weight excluding hydrogens is 499 g/mol. The highest BCUT2D eigenvalue weighted by atomic mass is 19.4. The fraction of sp³-hybridized carbons (Fsp3) is 0.250. The highest BCUT2D eigenvalue weighted by Gasteiger charge is 2.40. The van der Waals surface area contributed by atoms with E-state index in [1.165, 1.54) is 4.90 Å². The summed E-state index contributed by atoms with van der Waals surface area (Å²) in [7, 11) is 1.58. The molecule has 2 N–H and O–H groups in total. The van der Waals surface area contributed by atoms with Gasteiger partial charge < -0.3 is 20.3 Å². The number of hydrogen-bond donors (Lipinski definition) is 2. The normalized spacial score (nSPS) is 19.1. The van der Waals surface area contributed by atoms with Crippen molar-refractivity contribution >= 4 is 23.4 Å². The Hall–Kier alpha value is -4.34. The molecule has 7 nitrogen and oxygen atoms in total. The second-order valence-electron chi connectivity index (χ2n) is 9.26. The molecule has 10 heteroatoms. The zero-order valence-electron chi connectivity index (χ0n) is 20.3. The number of ether oxygens (including phenoxy) is 1. The van der Waals surface area contributed by atoms with Gasteiger partial charge in [-0.2, -0.15) is 13.2 Å². The van der Waals surface area contributed by atoms with Gasteiger partial charge in [-0.05, 0) is 72.5 Å². The number of carbonyl (C=O) groups excluding carboxylic acids is 3. The van der Waals surface area contributed by atoms with Gasteiger partial charge in [0.1, 0.15) is 11.8 Å². The van der Waals surface area contributed by atoms with E-state index < -0.39 is 29.7 Å². The van der Waals surface area contributed by atoms with Crippen LogP contribution in [0.4, 0.5) is 18.9 Å². The van der Waals surface area contributed by atoms with Gasteiger partial charge >= 0.3 is 6.18 Å². The van der Waals surface area contributed by atoms with E-state index in [4.69, 9.17) is 4.74 Å². The van der Waals surface area contributed by atoms with E-state index in [2.05, 4.69) is 10.6 Å². The summed E-state index contributed by atoms with van der Waals surface area (Å²) in [6.45, 7) is 0.237. The standard InChI is InChI=1S/C28H24F3N3O4/c1-38-21-9-4-16(5-10-21)18-6-11-23-22(14-18)27(37)34-13-12-20(15-24(34)26(36)33-23)32-25(35)17-2-7-19(8-3-17)28(29,30)31/h2-11,14,20,24H,12-13,15H2,1H3,(H,32,35)(H,33,36). The summed E-state index contributed by atoms with van der Waals surface area (Å²) in [6.07, 6.45) is -3.91. The number of hydrogen-bond acceptors (Lipinski definition) is 4. The SMILES string of the molecule is COc1ccc(-c2ccc3c(c2)C(=O)N2CCC(NC(=O)c4ccc(C(F)(F)F)cc4)CC2C(=O)N3)cc1. The van der Waals surface area contributed by atoms with Crippen molar-refractivity contribution in [3.8, 4) is 16.9 Å². The van der Waals surface area contributed by atoms with Crippen LogP contribution >= 0.6 is 0 Å². The van der Waals surface area contributed by atoms with Crippen LogP contribution < -0.4 is 15.4 Å². The van der Waals surface area contributed by atoms with Crippen molar-refractivity contribution in [2.75, 3.05) is 19.0 Å². The number of benzene rings is 3. The smallest absolute Gasteiger partial charge is 0.416 e. The van der Waals surface area contributed by atoms with E-state index in [1.54, 1.807) is 19.2 Å². The van der Waals surface area contributed by atoms with Gasteiger partial charge in [-0.25, -0.2) is 0 Å². The fourth-order valence-electron chi connectivity index (χ4n) is 4.83. The first-order chi connectivity index (χ1) is 18.1. The van der Waals surface area contributed by atoms with Crippen LogP contribution in [0.1, 0.15) is 39.1 Å². The van der Waals surface area contributed by atoms with Crippen LogP contribution in [-0.4, -0.2) is 48.4 Å². The number of carbonyl (C=O) groups is 3. The van der Waals surface area contributed by atoms with Gasteiger partial charge in [0.2, 0.25) is 5.91 Å². The molecule has 0 spiro atoms. The van der Waals surface area contributed by atoms with Gasteiger partial charge in [-0.1, -0.05) is 18.2 Å². The lowest BCUT2D eigenvalue weighted by Crippen LogP contribution is -2.55. The second-order valence-corrected chi connectivity index (χ2v) is 9.26. The number of nitrogens with zero attached hydrogens (tertiary/aromatic N) is 1. The first-order valence-electron chi connectivity index (χ1n) is 12.0. The molecule has 5 rings (SSSR count). The molecule has 2 atom stereocenters. The van der Waals surface area contributed by atoms with Crippen LogP contribution in [0.15, 0.2) is 66.7 Å². The molecule has 2 heterocycles. The molecule has 0 saturated carbocycles. The minimum Gasteiger partial charge on any atom is -0.497 e. The van der Waals surface area contributed by atoms with Gasteiger partial charge in [0.05, 0.1) is 23.9 Å². The van der Waals surface area contributed by atoms with Crippen molar-refractivity contribution < 1.29 is 32.3 Å². The molecule has 38 heavy (non-hydrogen) atoms. The molecule has 0 aromatic heterocycles. The number of anilines is 1. The molecule has 2 aliphatic rings. The number of halogens is 3. The predicted octanol–water partition coefficient (Wildman–Crippen LogP) is 4.74. The zero-order valence-corrected chi connectivity index (χ0v) is 20.3. The van der Waals surface area contributed by atoms with Crippen molar-refractivity contribution in [3.05, 3.63) is 83.4 Å². The number of alkyl halides is 3. The molecule has 1 fully saturated rings. The van der Waals surface area contributed by atoms with Gasteiger partial charge in [0.15, 0.2) is 0 Å². The van der Waals surface area contributed by atoms with E-state index in [9.17, 15) is 27.6 Å². The largest absolute Gasteiger partial charge is 0.497 e. The molecule has 2 aliphatic heterocycles.